The molecule has 0 nitrogen and oxygen atoms in total. The molecule has 1 atom stereocenters. The van der Waals surface area contributed by atoms with Gasteiger partial charge in [-0.1, -0.05) is 85.7 Å². The molecule has 2 aromatic rings. The number of allylic oxidation sites excluding steroid dienone is 4. The van der Waals surface area contributed by atoms with Gasteiger partial charge in [-0.2, -0.15) is 0 Å². The number of rotatable bonds is 4. The lowest BCUT2D eigenvalue weighted by Gasteiger charge is -2.25. The maximum Gasteiger partial charge on any atom is 0.0133 e. The van der Waals surface area contributed by atoms with E-state index in [0.29, 0.717) is 11.8 Å². The Morgan fingerprint density at radius 1 is 0.955 bits per heavy atom. The van der Waals surface area contributed by atoms with Crippen LogP contribution in [0.25, 0.3) is 11.1 Å². The summed E-state index contributed by atoms with van der Waals surface area (Å²) in [6, 6.07) is 18.0. The molecular formula is C22H22. The van der Waals surface area contributed by atoms with Gasteiger partial charge in [0.2, 0.25) is 0 Å². The topological polar surface area (TPSA) is 0 Å². The minimum Gasteiger partial charge on any atom is -0.0805 e. The summed E-state index contributed by atoms with van der Waals surface area (Å²) in [7, 11) is 0. The van der Waals surface area contributed by atoms with E-state index in [1.807, 2.05) is 0 Å². The first-order valence-corrected chi connectivity index (χ1v) is 8.41. The quantitative estimate of drug-likeness (QED) is 0.637. The Morgan fingerprint density at radius 2 is 1.59 bits per heavy atom. The maximum absolute atomic E-state index is 2.34. The second-order valence-electron chi connectivity index (χ2n) is 6.48. The van der Waals surface area contributed by atoms with Crippen LogP contribution < -0.4 is 0 Å². The SMILES string of the molecule is CCC(CC1=CC=CC1)C1c2ccccc2-c2ccccc21. The third-order valence-electron chi connectivity index (χ3n) is 5.25. The summed E-state index contributed by atoms with van der Waals surface area (Å²) in [5, 5.41) is 0. The lowest BCUT2D eigenvalue weighted by molar-refractivity contribution is 0.452. The molecule has 0 heterocycles. The van der Waals surface area contributed by atoms with Gasteiger partial charge in [0.15, 0.2) is 0 Å². The van der Waals surface area contributed by atoms with Crippen molar-refractivity contribution in [2.75, 3.05) is 0 Å². The molecule has 2 aliphatic rings. The second-order valence-corrected chi connectivity index (χ2v) is 6.48. The molecule has 0 saturated heterocycles. The van der Waals surface area contributed by atoms with Crippen molar-refractivity contribution in [1.29, 1.82) is 0 Å². The van der Waals surface area contributed by atoms with Crippen LogP contribution in [0.2, 0.25) is 0 Å². The molecule has 0 aromatic heterocycles. The smallest absolute Gasteiger partial charge is 0.0133 e. The zero-order chi connectivity index (χ0) is 14.9. The fraction of sp³-hybridized carbons (Fsp3) is 0.273. The van der Waals surface area contributed by atoms with Gasteiger partial charge in [-0.25, -0.2) is 0 Å². The molecule has 22 heavy (non-hydrogen) atoms. The highest BCUT2D eigenvalue weighted by atomic mass is 14.4. The second kappa shape index (κ2) is 5.61. The predicted molar refractivity (Wildman–Crippen MR) is 94.0 cm³/mol. The standard InChI is InChI=1S/C22H22/c1-2-17(15-16-9-3-4-10-16)22-20-13-7-5-11-18(20)19-12-6-8-14-21(19)22/h3-9,11-14,17,22H,2,10,15H2,1H3. The van der Waals surface area contributed by atoms with Crippen LogP contribution in [0.15, 0.2) is 72.3 Å². The number of hydrogen-bond donors (Lipinski definition) is 0. The number of fused-ring (bicyclic) bond motifs is 3. The molecule has 0 radical (unpaired) electrons. The van der Waals surface area contributed by atoms with E-state index in [1.54, 1.807) is 5.57 Å². The molecule has 0 fully saturated rings. The van der Waals surface area contributed by atoms with Crippen LogP contribution in [-0.2, 0) is 0 Å². The van der Waals surface area contributed by atoms with E-state index in [9.17, 15) is 0 Å². The Labute approximate surface area is 133 Å². The van der Waals surface area contributed by atoms with Gasteiger partial charge in [-0.05, 0) is 41.0 Å². The van der Waals surface area contributed by atoms with Crippen LogP contribution in [0.3, 0.4) is 0 Å². The van der Waals surface area contributed by atoms with Crippen molar-refractivity contribution in [2.45, 2.75) is 32.1 Å². The Hall–Kier alpha value is -2.08. The minimum atomic E-state index is 0.555. The summed E-state index contributed by atoms with van der Waals surface area (Å²) >= 11 is 0. The summed E-state index contributed by atoms with van der Waals surface area (Å²) in [4.78, 5) is 0. The highest BCUT2D eigenvalue weighted by Crippen LogP contribution is 2.50. The van der Waals surface area contributed by atoms with Crippen molar-refractivity contribution < 1.29 is 0 Å². The summed E-state index contributed by atoms with van der Waals surface area (Å²) in [6.07, 6.45) is 10.4. The molecule has 2 aliphatic carbocycles. The van der Waals surface area contributed by atoms with E-state index in [0.717, 1.165) is 6.42 Å². The molecule has 0 amide bonds. The fourth-order valence-corrected chi connectivity index (χ4v) is 4.18. The number of benzene rings is 2. The molecule has 1 unspecified atom stereocenters. The first-order valence-electron chi connectivity index (χ1n) is 8.41. The third kappa shape index (κ3) is 2.14. The van der Waals surface area contributed by atoms with Crippen molar-refractivity contribution in [3.8, 4) is 11.1 Å². The van der Waals surface area contributed by atoms with Crippen LogP contribution in [0, 0.1) is 5.92 Å². The van der Waals surface area contributed by atoms with Gasteiger partial charge >= 0.3 is 0 Å². The molecule has 0 N–H and O–H groups in total. The molecule has 110 valence electrons. The van der Waals surface area contributed by atoms with E-state index < -0.39 is 0 Å². The normalized spacial score (nSPS) is 17.2. The predicted octanol–water partition coefficient (Wildman–Crippen LogP) is 6.10. The molecule has 0 spiro atoms. The van der Waals surface area contributed by atoms with Gasteiger partial charge in [0.05, 0.1) is 0 Å². The third-order valence-corrected chi connectivity index (χ3v) is 5.25. The molecule has 4 rings (SSSR count). The van der Waals surface area contributed by atoms with Crippen molar-refractivity contribution in [3.63, 3.8) is 0 Å². The first kappa shape index (κ1) is 13.6. The van der Waals surface area contributed by atoms with E-state index >= 15 is 0 Å². The monoisotopic (exact) mass is 286 g/mol. The first-order chi connectivity index (χ1) is 10.9. The minimum absolute atomic E-state index is 0.555. The van der Waals surface area contributed by atoms with Gasteiger partial charge in [0.1, 0.15) is 0 Å². The molecule has 0 aliphatic heterocycles. The van der Waals surface area contributed by atoms with Gasteiger partial charge < -0.3 is 0 Å². The van der Waals surface area contributed by atoms with Crippen LogP contribution in [0.4, 0.5) is 0 Å². The Bertz CT molecular complexity index is 703. The van der Waals surface area contributed by atoms with E-state index in [2.05, 4.69) is 73.7 Å². The Morgan fingerprint density at radius 3 is 2.14 bits per heavy atom. The maximum atomic E-state index is 2.34. The highest BCUT2D eigenvalue weighted by molar-refractivity contribution is 5.78. The highest BCUT2D eigenvalue weighted by Gasteiger charge is 2.33. The largest absolute Gasteiger partial charge is 0.0805 e. The van der Waals surface area contributed by atoms with Crippen LogP contribution >= 0.6 is 0 Å². The van der Waals surface area contributed by atoms with Crippen molar-refractivity contribution >= 4 is 0 Å². The molecule has 0 heteroatoms. The van der Waals surface area contributed by atoms with Crippen LogP contribution in [-0.4, -0.2) is 0 Å². The van der Waals surface area contributed by atoms with Crippen LogP contribution in [0.1, 0.15) is 43.2 Å². The van der Waals surface area contributed by atoms with Gasteiger partial charge in [-0.15, -0.1) is 0 Å². The van der Waals surface area contributed by atoms with Gasteiger partial charge in [0, 0.05) is 5.92 Å². The molecule has 0 saturated carbocycles. The van der Waals surface area contributed by atoms with E-state index in [1.165, 1.54) is 35.1 Å². The zero-order valence-corrected chi connectivity index (χ0v) is 13.1. The molecular weight excluding hydrogens is 264 g/mol. The zero-order valence-electron chi connectivity index (χ0n) is 13.1. The lowest BCUT2D eigenvalue weighted by atomic mass is 9.79. The summed E-state index contributed by atoms with van der Waals surface area (Å²) in [5.41, 5.74) is 7.54. The average molecular weight is 286 g/mol. The van der Waals surface area contributed by atoms with E-state index in [-0.39, 0.29) is 0 Å². The summed E-state index contributed by atoms with van der Waals surface area (Å²) in [6.45, 7) is 2.34. The lowest BCUT2D eigenvalue weighted by Crippen LogP contribution is -2.12. The van der Waals surface area contributed by atoms with E-state index in [4.69, 9.17) is 0 Å². The van der Waals surface area contributed by atoms with Crippen molar-refractivity contribution in [2.24, 2.45) is 5.92 Å². The molecule has 0 bridgehead atoms. The van der Waals surface area contributed by atoms with Gasteiger partial charge in [0.25, 0.3) is 0 Å². The van der Waals surface area contributed by atoms with Gasteiger partial charge in [-0.3, -0.25) is 0 Å². The van der Waals surface area contributed by atoms with Crippen molar-refractivity contribution in [3.05, 3.63) is 83.5 Å². The average Bonchev–Trinajstić information content (AvgIpc) is 3.18. The van der Waals surface area contributed by atoms with Crippen molar-refractivity contribution in [1.82, 2.24) is 0 Å². The fourth-order valence-electron chi connectivity index (χ4n) is 4.18. The molecule has 2 aromatic carbocycles. The summed E-state index contributed by atoms with van der Waals surface area (Å²) < 4.78 is 0. The Balaban J connectivity index is 1.76. The number of hydrogen-bond acceptors (Lipinski definition) is 0. The van der Waals surface area contributed by atoms with Crippen LogP contribution in [0.5, 0.6) is 0 Å². The Kier molecular flexibility index (Phi) is 3.46. The summed E-state index contributed by atoms with van der Waals surface area (Å²) in [5.74, 6) is 1.25.